The van der Waals surface area contributed by atoms with Crippen molar-refractivity contribution in [2.75, 3.05) is 46.6 Å². The van der Waals surface area contributed by atoms with E-state index in [2.05, 4.69) is 15.1 Å². The van der Waals surface area contributed by atoms with Gasteiger partial charge < -0.3 is 19.2 Å². The van der Waals surface area contributed by atoms with Crippen molar-refractivity contribution in [3.8, 4) is 17.1 Å². The van der Waals surface area contributed by atoms with E-state index in [0.717, 1.165) is 12.1 Å². The molecule has 224 valence electrons. The Hall–Kier alpha value is -3.49. The molecule has 0 radical (unpaired) electrons. The number of piperazine rings is 1. The van der Waals surface area contributed by atoms with Crippen LogP contribution in [-0.4, -0.2) is 95.8 Å². The Morgan fingerprint density at radius 1 is 1.20 bits per heavy atom. The predicted octanol–water partition coefficient (Wildman–Crippen LogP) is 2.64. The fraction of sp³-hybridized carbons (Fsp3) is 0.556. The summed E-state index contributed by atoms with van der Waals surface area (Å²) >= 11 is 0. The van der Waals surface area contributed by atoms with Gasteiger partial charge in [-0.3, -0.25) is 14.0 Å². The van der Waals surface area contributed by atoms with E-state index in [1.807, 2.05) is 20.9 Å². The summed E-state index contributed by atoms with van der Waals surface area (Å²) in [6, 6.07) is 4.58. The van der Waals surface area contributed by atoms with Crippen molar-refractivity contribution in [2.24, 2.45) is 7.05 Å². The van der Waals surface area contributed by atoms with Gasteiger partial charge in [0.15, 0.2) is 5.52 Å². The molecule has 0 unspecified atom stereocenters. The Morgan fingerprint density at radius 2 is 1.90 bits per heavy atom. The third-order valence-corrected chi connectivity index (χ3v) is 8.91. The molecular formula is C27H39N6O7S+. The number of nitrogens with zero attached hydrogens (tertiary/aromatic N) is 5. The highest BCUT2D eigenvalue weighted by molar-refractivity contribution is 7.89. The van der Waals surface area contributed by atoms with Crippen molar-refractivity contribution in [1.29, 1.82) is 0 Å². The van der Waals surface area contributed by atoms with Gasteiger partial charge in [0.2, 0.25) is 16.8 Å². The van der Waals surface area contributed by atoms with Gasteiger partial charge in [0.05, 0.1) is 67.6 Å². The minimum absolute atomic E-state index is 0.0616. The van der Waals surface area contributed by atoms with Gasteiger partial charge >= 0.3 is 6.16 Å². The number of sulfonamides is 1. The lowest BCUT2D eigenvalue weighted by Crippen LogP contribution is -2.59. The summed E-state index contributed by atoms with van der Waals surface area (Å²) in [6.07, 6.45) is 0.478. The highest BCUT2D eigenvalue weighted by Gasteiger charge is 2.36. The molecule has 4 rings (SSSR count). The van der Waals surface area contributed by atoms with Crippen molar-refractivity contribution in [1.82, 2.24) is 24.1 Å². The molecule has 41 heavy (non-hydrogen) atoms. The van der Waals surface area contributed by atoms with Crippen molar-refractivity contribution in [2.45, 2.75) is 51.5 Å². The highest BCUT2D eigenvalue weighted by Crippen LogP contribution is 2.32. The fourth-order valence-corrected chi connectivity index (χ4v) is 6.26. The number of nitrogens with one attached hydrogen (secondary N) is 1. The maximum absolute atomic E-state index is 13.7. The number of ether oxygens (including phenoxy) is 3. The van der Waals surface area contributed by atoms with Crippen LogP contribution in [0.3, 0.4) is 0 Å². The zero-order valence-corrected chi connectivity index (χ0v) is 25.3. The van der Waals surface area contributed by atoms with Crippen LogP contribution in [0.2, 0.25) is 0 Å². The number of benzene rings is 1. The minimum Gasteiger partial charge on any atom is -0.493 e. The van der Waals surface area contributed by atoms with Gasteiger partial charge in [-0.2, -0.15) is 14.4 Å². The Labute approximate surface area is 239 Å². The molecule has 1 aromatic carbocycles. The SMILES string of the molecule is CCCc1nn(C)c2c(=O)nc(-c3cc(S(=O)(=O)N4CC[N+](C)(COC(=O)OC(C)C)CC4)ccc3OCC)[nH]c12. The van der Waals surface area contributed by atoms with Crippen molar-refractivity contribution in [3.05, 3.63) is 34.2 Å². The third-order valence-electron chi connectivity index (χ3n) is 7.01. The molecule has 14 heteroatoms. The van der Waals surface area contributed by atoms with Crippen LogP contribution in [0.25, 0.3) is 22.4 Å². The van der Waals surface area contributed by atoms with Crippen LogP contribution in [0.5, 0.6) is 5.75 Å². The normalized spacial score (nSPS) is 15.8. The number of hydrogen-bond donors (Lipinski definition) is 1. The molecule has 13 nitrogen and oxygen atoms in total. The van der Waals surface area contributed by atoms with E-state index in [4.69, 9.17) is 14.2 Å². The van der Waals surface area contributed by atoms with Crippen molar-refractivity contribution in [3.63, 3.8) is 0 Å². The number of aromatic amines is 1. The van der Waals surface area contributed by atoms with Gasteiger partial charge in [-0.15, -0.1) is 0 Å². The number of rotatable bonds is 10. The summed E-state index contributed by atoms with van der Waals surface area (Å²) in [5.74, 6) is 0.616. The third kappa shape index (κ3) is 6.54. The molecular weight excluding hydrogens is 552 g/mol. The van der Waals surface area contributed by atoms with Crippen LogP contribution in [0.4, 0.5) is 4.79 Å². The molecule has 1 aliphatic rings. The lowest BCUT2D eigenvalue weighted by molar-refractivity contribution is -0.928. The van der Waals surface area contributed by atoms with Crippen LogP contribution >= 0.6 is 0 Å². The van der Waals surface area contributed by atoms with Crippen molar-refractivity contribution >= 4 is 27.2 Å². The summed E-state index contributed by atoms with van der Waals surface area (Å²) in [7, 11) is -0.283. The van der Waals surface area contributed by atoms with Gasteiger partial charge in [0.1, 0.15) is 11.6 Å². The van der Waals surface area contributed by atoms with Crippen LogP contribution in [0.1, 0.15) is 39.8 Å². The number of carbonyl (C=O) groups excluding carboxylic acids is 1. The summed E-state index contributed by atoms with van der Waals surface area (Å²) in [5, 5.41) is 4.47. The second kappa shape index (κ2) is 12.2. The topological polar surface area (TPSA) is 146 Å². The van der Waals surface area contributed by atoms with E-state index < -0.39 is 21.7 Å². The van der Waals surface area contributed by atoms with Crippen LogP contribution < -0.4 is 10.3 Å². The molecule has 0 amide bonds. The van der Waals surface area contributed by atoms with E-state index in [9.17, 15) is 18.0 Å². The molecule has 0 atom stereocenters. The zero-order valence-electron chi connectivity index (χ0n) is 24.5. The van der Waals surface area contributed by atoms with Gasteiger partial charge in [0.25, 0.3) is 5.56 Å². The number of aromatic nitrogens is 4. The number of quaternary nitrogens is 1. The first kappa shape index (κ1) is 30.5. The van der Waals surface area contributed by atoms with E-state index in [-0.39, 0.29) is 36.6 Å². The van der Waals surface area contributed by atoms with E-state index >= 15 is 0 Å². The maximum atomic E-state index is 13.7. The van der Waals surface area contributed by atoms with Gasteiger partial charge in [-0.05, 0) is 45.4 Å². The molecule has 1 N–H and O–H groups in total. The number of likely N-dealkylation sites (N-methyl/N-ethyl adjacent to an activating group) is 1. The Kier molecular flexibility index (Phi) is 9.04. The molecule has 1 saturated heterocycles. The minimum atomic E-state index is -3.89. The largest absolute Gasteiger partial charge is 0.512 e. The zero-order chi connectivity index (χ0) is 29.9. The van der Waals surface area contributed by atoms with Crippen LogP contribution in [0.15, 0.2) is 27.9 Å². The molecule has 3 heterocycles. The number of fused-ring (bicyclic) bond motifs is 1. The molecule has 1 aliphatic heterocycles. The van der Waals surface area contributed by atoms with Crippen LogP contribution in [0, 0.1) is 0 Å². The standard InChI is InChI=1S/C27H38N6O7S/c1-7-9-21-23-24(31(5)30-21)26(34)29-25(28-23)20-16-19(10-11-22(20)38-8-2)41(36,37)32-12-14-33(6,15-13-32)17-39-27(35)40-18(3)4/h10-11,16,18H,7-9,12-15,17H2,1-6H3/p+1. The summed E-state index contributed by atoms with van der Waals surface area (Å²) in [6.45, 7) is 9.13. The van der Waals surface area contributed by atoms with Crippen LogP contribution in [-0.2, 0) is 33.0 Å². The summed E-state index contributed by atoms with van der Waals surface area (Å²) in [4.78, 5) is 32.4. The van der Waals surface area contributed by atoms with Crippen molar-refractivity contribution < 1.29 is 31.9 Å². The highest BCUT2D eigenvalue weighted by atomic mass is 32.2. The van der Waals surface area contributed by atoms with E-state index in [1.165, 1.54) is 21.1 Å². The number of aryl methyl sites for hydroxylation is 2. The fourth-order valence-electron chi connectivity index (χ4n) is 4.82. The van der Waals surface area contributed by atoms with E-state index in [1.54, 1.807) is 27.0 Å². The number of H-pyrrole nitrogens is 1. The molecule has 0 spiro atoms. The van der Waals surface area contributed by atoms with Gasteiger partial charge in [0, 0.05) is 7.05 Å². The second-order valence-electron chi connectivity index (χ2n) is 10.7. The van der Waals surface area contributed by atoms with Gasteiger partial charge in [-0.1, -0.05) is 13.3 Å². The predicted molar refractivity (Wildman–Crippen MR) is 152 cm³/mol. The molecule has 0 aliphatic carbocycles. The first-order valence-corrected chi connectivity index (χ1v) is 15.2. The first-order chi connectivity index (χ1) is 19.4. The first-order valence-electron chi connectivity index (χ1n) is 13.8. The smallest absolute Gasteiger partial charge is 0.493 e. The average molecular weight is 592 g/mol. The molecule has 0 bridgehead atoms. The lowest BCUT2D eigenvalue weighted by atomic mass is 10.1. The molecule has 1 fully saturated rings. The Bertz CT molecular complexity index is 1570. The number of hydrogen-bond acceptors (Lipinski definition) is 9. The van der Waals surface area contributed by atoms with E-state index in [0.29, 0.717) is 52.9 Å². The summed E-state index contributed by atoms with van der Waals surface area (Å²) in [5.41, 5.74) is 1.58. The van der Waals surface area contributed by atoms with Gasteiger partial charge in [-0.25, -0.2) is 13.2 Å². The second-order valence-corrected chi connectivity index (χ2v) is 12.6. The number of carbonyl (C=O) groups is 1. The average Bonchev–Trinajstić information content (AvgIpc) is 3.23. The maximum Gasteiger partial charge on any atom is 0.512 e. The quantitative estimate of drug-likeness (QED) is 0.278. The lowest BCUT2D eigenvalue weighted by Gasteiger charge is -2.40. The Balaban J connectivity index is 1.62. The molecule has 0 saturated carbocycles. The summed E-state index contributed by atoms with van der Waals surface area (Å²) < 4.78 is 46.8. The molecule has 2 aromatic heterocycles. The monoisotopic (exact) mass is 591 g/mol. The Morgan fingerprint density at radius 3 is 2.54 bits per heavy atom. The molecule has 3 aromatic rings.